The second-order valence-corrected chi connectivity index (χ2v) is 12.5. The van der Waals surface area contributed by atoms with Gasteiger partial charge in [0, 0.05) is 18.0 Å². The van der Waals surface area contributed by atoms with Crippen molar-refractivity contribution in [1.82, 2.24) is 20.1 Å². The number of carbonyl (C=O) groups is 3. The minimum atomic E-state index is -1.14. The average Bonchev–Trinajstić information content (AvgIpc) is 3.63. The number of hydrogen-bond donors (Lipinski definition) is 1. The van der Waals surface area contributed by atoms with Gasteiger partial charge >= 0.3 is 5.97 Å². The fraction of sp³-hybridized carbons (Fsp3) is 0.214. The van der Waals surface area contributed by atoms with Crippen LogP contribution in [0, 0.1) is 11.7 Å². The lowest BCUT2D eigenvalue weighted by molar-refractivity contribution is -0.157. The van der Waals surface area contributed by atoms with Crippen molar-refractivity contribution in [2.75, 3.05) is 7.11 Å². The fourth-order valence-electron chi connectivity index (χ4n) is 6.59. The van der Waals surface area contributed by atoms with Gasteiger partial charge in [0.1, 0.15) is 11.4 Å². The first kappa shape index (κ1) is 35.8. The lowest BCUT2D eigenvalue weighted by Crippen LogP contribution is -2.45. The van der Waals surface area contributed by atoms with E-state index in [1.165, 1.54) is 31.6 Å². The van der Waals surface area contributed by atoms with Crippen molar-refractivity contribution in [3.05, 3.63) is 162 Å². The van der Waals surface area contributed by atoms with E-state index in [9.17, 15) is 18.8 Å². The van der Waals surface area contributed by atoms with Gasteiger partial charge in [-0.15, -0.1) is 0 Å². The summed E-state index contributed by atoms with van der Waals surface area (Å²) in [6.45, 7) is 3.55. The third-order valence-corrected chi connectivity index (χ3v) is 9.31. The molecule has 6 rings (SSSR count). The van der Waals surface area contributed by atoms with Gasteiger partial charge in [-0.2, -0.15) is 5.10 Å². The molecule has 1 unspecified atom stereocenters. The van der Waals surface area contributed by atoms with E-state index in [2.05, 4.69) is 15.4 Å². The summed E-state index contributed by atoms with van der Waals surface area (Å²) in [7, 11) is 1.28. The summed E-state index contributed by atoms with van der Waals surface area (Å²) in [5.41, 5.74) is 2.75. The Labute approximate surface area is 301 Å². The number of hydrogen-bond acceptors (Lipinski definition) is 7. The molecule has 0 bridgehead atoms. The van der Waals surface area contributed by atoms with E-state index in [1.807, 2.05) is 91.0 Å². The SMILES string of the molecule is CCC(NC(=O)c1cncc2c1cnn2-c1ccc(F)cc1)C(=O)C[C@H](C(=O)OC)[C@@H](C)OC(c1ccccc1)(c1ccccc1)c1ccccc1. The molecule has 10 heteroatoms. The molecule has 0 fully saturated rings. The van der Waals surface area contributed by atoms with Crippen molar-refractivity contribution in [3.63, 3.8) is 0 Å². The summed E-state index contributed by atoms with van der Waals surface area (Å²) < 4.78 is 27.4. The topological polar surface area (TPSA) is 112 Å². The number of aromatic nitrogens is 3. The maximum absolute atomic E-state index is 14.0. The number of nitrogens with zero attached hydrogens (tertiary/aromatic N) is 3. The smallest absolute Gasteiger partial charge is 0.311 e. The molecule has 1 N–H and O–H groups in total. The summed E-state index contributed by atoms with van der Waals surface area (Å²) >= 11 is 0. The van der Waals surface area contributed by atoms with E-state index >= 15 is 0 Å². The van der Waals surface area contributed by atoms with Crippen LogP contribution < -0.4 is 5.32 Å². The van der Waals surface area contributed by atoms with Crippen LogP contribution in [0.1, 0.15) is 53.7 Å². The first-order chi connectivity index (χ1) is 25.3. The predicted octanol–water partition coefficient (Wildman–Crippen LogP) is 7.21. The molecule has 9 nitrogen and oxygen atoms in total. The quantitative estimate of drug-likeness (QED) is 0.0945. The standard InChI is InChI=1S/C42H39FN4O5/c1-4-37(46-40(49)36-25-44-27-38-35(36)26-45-47(38)33-22-20-32(43)21-23-33)39(48)24-34(41(50)51-3)28(2)52-42(29-14-8-5-9-15-29,30-16-10-6-11-17-30)31-18-12-7-13-19-31/h5-23,25-28,34,37H,4,24H2,1-3H3,(H,46,49)/t28-,34+,37?/m1/s1. The molecule has 0 radical (unpaired) electrons. The number of halogens is 1. The maximum Gasteiger partial charge on any atom is 0.311 e. The third-order valence-electron chi connectivity index (χ3n) is 9.31. The molecule has 0 saturated carbocycles. The van der Waals surface area contributed by atoms with Gasteiger partial charge in [0.15, 0.2) is 5.78 Å². The van der Waals surface area contributed by atoms with Crippen LogP contribution in [0.3, 0.4) is 0 Å². The van der Waals surface area contributed by atoms with Crippen LogP contribution in [-0.4, -0.2) is 51.7 Å². The number of nitrogens with one attached hydrogen (secondary N) is 1. The number of ether oxygens (including phenoxy) is 2. The van der Waals surface area contributed by atoms with Crippen molar-refractivity contribution in [2.45, 2.75) is 44.4 Å². The Hall–Kier alpha value is -6.00. The molecular weight excluding hydrogens is 659 g/mol. The Kier molecular flexibility index (Phi) is 11.0. The van der Waals surface area contributed by atoms with E-state index in [-0.39, 0.29) is 30.0 Å². The van der Waals surface area contributed by atoms with Crippen molar-refractivity contribution in [2.24, 2.45) is 5.92 Å². The maximum atomic E-state index is 14.0. The number of ketones is 1. The Morgan fingerprint density at radius 2 is 1.37 bits per heavy atom. The summed E-state index contributed by atoms with van der Waals surface area (Å²) in [4.78, 5) is 45.4. The Morgan fingerprint density at radius 1 is 0.808 bits per heavy atom. The summed E-state index contributed by atoms with van der Waals surface area (Å²) in [5.74, 6) is -2.86. The van der Waals surface area contributed by atoms with Crippen LogP contribution >= 0.6 is 0 Å². The molecular formula is C42H39FN4O5. The second kappa shape index (κ2) is 15.9. The van der Waals surface area contributed by atoms with E-state index in [4.69, 9.17) is 9.47 Å². The minimum Gasteiger partial charge on any atom is -0.469 e. The van der Waals surface area contributed by atoms with Gasteiger partial charge < -0.3 is 14.8 Å². The van der Waals surface area contributed by atoms with Crippen LogP contribution in [0.25, 0.3) is 16.6 Å². The van der Waals surface area contributed by atoms with E-state index in [0.29, 0.717) is 16.6 Å². The predicted molar refractivity (Wildman–Crippen MR) is 195 cm³/mol. The van der Waals surface area contributed by atoms with Crippen LogP contribution in [-0.2, 0) is 24.7 Å². The monoisotopic (exact) mass is 698 g/mol. The minimum absolute atomic E-state index is 0.219. The van der Waals surface area contributed by atoms with Crippen LogP contribution in [0.15, 0.2) is 134 Å². The van der Waals surface area contributed by atoms with Crippen molar-refractivity contribution in [1.29, 1.82) is 0 Å². The second-order valence-electron chi connectivity index (χ2n) is 12.5. The summed E-state index contributed by atoms with van der Waals surface area (Å²) in [6.07, 6.45) is 3.71. The van der Waals surface area contributed by atoms with Crippen LogP contribution in [0.5, 0.6) is 0 Å². The highest BCUT2D eigenvalue weighted by molar-refractivity contribution is 6.07. The largest absolute Gasteiger partial charge is 0.469 e. The molecule has 4 aromatic carbocycles. The molecule has 52 heavy (non-hydrogen) atoms. The molecule has 0 saturated heterocycles. The number of amides is 1. The van der Waals surface area contributed by atoms with Gasteiger partial charge in [-0.25, -0.2) is 9.07 Å². The fourth-order valence-corrected chi connectivity index (χ4v) is 6.59. The number of esters is 1. The number of carbonyl (C=O) groups excluding carboxylic acids is 3. The van der Waals surface area contributed by atoms with Gasteiger partial charge in [0.25, 0.3) is 5.91 Å². The molecule has 0 aliphatic carbocycles. The van der Waals surface area contributed by atoms with Gasteiger partial charge in [-0.1, -0.05) is 97.9 Å². The molecule has 2 aromatic heterocycles. The molecule has 1 amide bonds. The number of fused-ring (bicyclic) bond motifs is 1. The molecule has 0 aliphatic rings. The highest BCUT2D eigenvalue weighted by Crippen LogP contribution is 2.42. The van der Waals surface area contributed by atoms with Crippen molar-refractivity contribution in [3.8, 4) is 5.69 Å². The molecule has 3 atom stereocenters. The van der Waals surface area contributed by atoms with Crippen LogP contribution in [0.2, 0.25) is 0 Å². The highest BCUT2D eigenvalue weighted by Gasteiger charge is 2.43. The summed E-state index contributed by atoms with van der Waals surface area (Å²) in [6, 6.07) is 34.1. The first-order valence-corrected chi connectivity index (χ1v) is 17.1. The van der Waals surface area contributed by atoms with Gasteiger partial charge in [0.05, 0.1) is 54.3 Å². The number of rotatable bonds is 14. The zero-order valence-corrected chi connectivity index (χ0v) is 29.1. The number of pyridine rings is 1. The van der Waals surface area contributed by atoms with Crippen LogP contribution in [0.4, 0.5) is 4.39 Å². The number of methoxy groups -OCH3 is 1. The lowest BCUT2D eigenvalue weighted by Gasteiger charge is -2.39. The molecule has 0 aliphatic heterocycles. The Balaban J connectivity index is 1.27. The van der Waals surface area contributed by atoms with Gasteiger partial charge in [0.2, 0.25) is 0 Å². The van der Waals surface area contributed by atoms with E-state index < -0.39 is 35.5 Å². The zero-order valence-electron chi connectivity index (χ0n) is 29.1. The van der Waals surface area contributed by atoms with Crippen molar-refractivity contribution < 1.29 is 28.2 Å². The van der Waals surface area contributed by atoms with Gasteiger partial charge in [-0.05, 0) is 54.3 Å². The molecule has 6 aromatic rings. The normalized spacial score (nSPS) is 13.2. The average molecular weight is 699 g/mol. The Morgan fingerprint density at radius 3 is 1.88 bits per heavy atom. The highest BCUT2D eigenvalue weighted by atomic mass is 19.1. The molecule has 264 valence electrons. The first-order valence-electron chi connectivity index (χ1n) is 17.1. The number of Topliss-reactive ketones (excluding diaryl/α,β-unsaturated/α-hetero) is 1. The number of benzene rings is 4. The zero-order chi connectivity index (χ0) is 36.7. The molecule has 0 spiro atoms. The lowest BCUT2D eigenvalue weighted by atomic mass is 9.79. The van der Waals surface area contributed by atoms with Gasteiger partial charge in [-0.3, -0.25) is 19.4 Å². The van der Waals surface area contributed by atoms with E-state index in [1.54, 1.807) is 36.9 Å². The Bertz CT molecular complexity index is 2040. The summed E-state index contributed by atoms with van der Waals surface area (Å²) in [5, 5.41) is 7.75. The third kappa shape index (κ3) is 7.24. The van der Waals surface area contributed by atoms with Crippen molar-refractivity contribution >= 4 is 28.6 Å². The molecule has 2 heterocycles. The van der Waals surface area contributed by atoms with E-state index in [0.717, 1.165) is 16.7 Å².